The fourth-order valence-electron chi connectivity index (χ4n) is 5.07. The molecule has 0 amide bonds. The predicted molar refractivity (Wildman–Crippen MR) is 153 cm³/mol. The highest BCUT2D eigenvalue weighted by atomic mass is 32.1. The molecule has 3 aromatic carbocycles. The van der Waals surface area contributed by atoms with Crippen LogP contribution in [0, 0.1) is 5.92 Å². The maximum absolute atomic E-state index is 4.92. The summed E-state index contributed by atoms with van der Waals surface area (Å²) in [5.41, 5.74) is 3.74. The number of nitrogens with zero attached hydrogens (tertiary/aromatic N) is 1. The van der Waals surface area contributed by atoms with E-state index in [0.717, 1.165) is 12.1 Å². The Morgan fingerprint density at radius 1 is 0.794 bits per heavy atom. The van der Waals surface area contributed by atoms with E-state index in [0.29, 0.717) is 5.92 Å². The number of hydrogen-bond donors (Lipinski definition) is 0. The smallest absolute Gasteiger partial charge is 0.0880 e. The molecule has 0 radical (unpaired) electrons. The normalized spacial score (nSPS) is 12.6. The Hall–Kier alpha value is -2.75. The van der Waals surface area contributed by atoms with E-state index in [-0.39, 0.29) is 5.41 Å². The van der Waals surface area contributed by atoms with Gasteiger partial charge in [0, 0.05) is 36.8 Å². The zero-order valence-corrected chi connectivity index (χ0v) is 22.0. The molecule has 0 aliphatic carbocycles. The van der Waals surface area contributed by atoms with Crippen molar-refractivity contribution in [2.75, 3.05) is 0 Å². The van der Waals surface area contributed by atoms with Crippen molar-refractivity contribution in [1.29, 1.82) is 0 Å². The van der Waals surface area contributed by atoms with Crippen LogP contribution in [0.5, 0.6) is 0 Å². The summed E-state index contributed by atoms with van der Waals surface area (Å²) in [5.74, 6) is 0.684. The third-order valence-corrected chi connectivity index (χ3v) is 8.92. The second-order valence-corrected chi connectivity index (χ2v) is 13.1. The molecule has 0 aliphatic heterocycles. The second-order valence-electron chi connectivity index (χ2n) is 10.8. The van der Waals surface area contributed by atoms with Gasteiger partial charge in [0.1, 0.15) is 0 Å². The highest BCUT2D eigenvalue weighted by Crippen LogP contribution is 2.43. The lowest BCUT2D eigenvalue weighted by Crippen LogP contribution is -2.12. The summed E-state index contributed by atoms with van der Waals surface area (Å²) in [4.78, 5) is 6.41. The average Bonchev–Trinajstić information content (AvgIpc) is 3.34. The molecule has 34 heavy (non-hydrogen) atoms. The highest BCUT2D eigenvalue weighted by Gasteiger charge is 2.20. The Labute approximate surface area is 209 Å². The molecule has 0 atom stereocenters. The van der Waals surface area contributed by atoms with Crippen molar-refractivity contribution in [2.45, 2.75) is 46.5 Å². The average molecular weight is 480 g/mol. The van der Waals surface area contributed by atoms with Crippen molar-refractivity contribution in [3.8, 4) is 11.3 Å². The lowest BCUT2D eigenvalue weighted by Gasteiger charge is -2.22. The molecule has 0 aliphatic rings. The van der Waals surface area contributed by atoms with Gasteiger partial charge in [0.15, 0.2) is 0 Å². The van der Waals surface area contributed by atoms with Crippen molar-refractivity contribution in [3.05, 3.63) is 77.3 Å². The fourth-order valence-corrected chi connectivity index (χ4v) is 7.67. The van der Waals surface area contributed by atoms with Gasteiger partial charge in [-0.1, -0.05) is 58.9 Å². The number of pyridine rings is 1. The van der Waals surface area contributed by atoms with E-state index >= 15 is 0 Å². The van der Waals surface area contributed by atoms with Crippen LogP contribution in [0.25, 0.3) is 52.3 Å². The first-order valence-electron chi connectivity index (χ1n) is 12.1. The summed E-state index contributed by atoms with van der Waals surface area (Å²) >= 11 is 3.83. The molecule has 6 rings (SSSR count). The molecule has 0 bridgehead atoms. The monoisotopic (exact) mass is 479 g/mol. The number of hydrogen-bond acceptors (Lipinski definition) is 3. The lowest BCUT2D eigenvalue weighted by atomic mass is 9.82. The Morgan fingerprint density at radius 2 is 1.62 bits per heavy atom. The topological polar surface area (TPSA) is 12.9 Å². The number of fused-ring (bicyclic) bond motifs is 5. The highest BCUT2D eigenvalue weighted by molar-refractivity contribution is 7.27. The summed E-state index contributed by atoms with van der Waals surface area (Å²) < 4.78 is 4.03. The lowest BCUT2D eigenvalue weighted by molar-refractivity contribution is 0.596. The molecule has 0 saturated heterocycles. The van der Waals surface area contributed by atoms with Gasteiger partial charge < -0.3 is 0 Å². The van der Waals surface area contributed by atoms with Crippen LogP contribution >= 0.6 is 22.7 Å². The molecule has 0 saturated carbocycles. The van der Waals surface area contributed by atoms with Crippen molar-refractivity contribution >= 4 is 63.7 Å². The van der Waals surface area contributed by atoms with E-state index in [1.807, 2.05) is 28.9 Å². The van der Waals surface area contributed by atoms with E-state index < -0.39 is 0 Å². The Morgan fingerprint density at radius 3 is 2.41 bits per heavy atom. The van der Waals surface area contributed by atoms with Gasteiger partial charge in [-0.3, -0.25) is 4.98 Å². The summed E-state index contributed by atoms with van der Waals surface area (Å²) in [6.45, 7) is 11.5. The zero-order chi connectivity index (χ0) is 23.6. The van der Waals surface area contributed by atoms with E-state index in [4.69, 9.17) is 4.98 Å². The van der Waals surface area contributed by atoms with E-state index in [2.05, 4.69) is 95.3 Å². The van der Waals surface area contributed by atoms with Gasteiger partial charge in [-0.25, -0.2) is 0 Å². The standard InChI is InChI=1S/C31H29NS2/c1-18(2)12-22-14-20-15-25-24-10-11-32-29(30(24)34-28(25)17-27(20)33-22)21-13-19-8-6-7-9-23(19)26(16-21)31(3,4)5/h6-11,13-18H,12H2,1-5H3. The maximum atomic E-state index is 4.92. The van der Waals surface area contributed by atoms with Crippen LogP contribution in [-0.4, -0.2) is 4.98 Å². The first-order chi connectivity index (χ1) is 16.3. The molecule has 0 fully saturated rings. The number of aromatic nitrogens is 1. The molecule has 1 nitrogen and oxygen atoms in total. The van der Waals surface area contributed by atoms with Gasteiger partial charge in [0.2, 0.25) is 0 Å². The summed E-state index contributed by atoms with van der Waals surface area (Å²) in [6.07, 6.45) is 3.14. The number of thiophene rings is 2. The Kier molecular flexibility index (Phi) is 5.05. The van der Waals surface area contributed by atoms with Crippen LogP contribution in [0.4, 0.5) is 0 Å². The predicted octanol–water partition coefficient (Wildman–Crippen LogP) is 9.98. The first-order valence-corrected chi connectivity index (χ1v) is 13.7. The molecule has 170 valence electrons. The van der Waals surface area contributed by atoms with Gasteiger partial charge >= 0.3 is 0 Å². The van der Waals surface area contributed by atoms with Gasteiger partial charge in [0.25, 0.3) is 0 Å². The molecule has 3 heteroatoms. The summed E-state index contributed by atoms with van der Waals surface area (Å²) in [7, 11) is 0. The van der Waals surface area contributed by atoms with E-state index in [1.54, 1.807) is 0 Å². The minimum Gasteiger partial charge on any atom is -0.255 e. The Bertz CT molecular complexity index is 1690. The number of benzene rings is 3. The third-order valence-electron chi connectivity index (χ3n) is 6.63. The minimum atomic E-state index is 0.0573. The SMILES string of the molecule is CC(C)Cc1cc2cc3c(cc2s1)sc1c(-c2cc(C(C)(C)C)c4ccccc4c2)nccc13. The van der Waals surface area contributed by atoms with Crippen LogP contribution in [0.1, 0.15) is 45.1 Å². The zero-order valence-electron chi connectivity index (χ0n) is 20.4. The van der Waals surface area contributed by atoms with E-state index in [1.165, 1.54) is 57.0 Å². The summed E-state index contributed by atoms with van der Waals surface area (Å²) in [6, 6.07) is 22.8. The molecular weight excluding hydrogens is 450 g/mol. The fraction of sp³-hybridized carbons (Fsp3) is 0.258. The molecule has 0 spiro atoms. The molecule has 0 unspecified atom stereocenters. The van der Waals surface area contributed by atoms with Crippen LogP contribution in [0.3, 0.4) is 0 Å². The molecule has 0 N–H and O–H groups in total. The Balaban J connectivity index is 1.58. The van der Waals surface area contributed by atoms with Gasteiger partial charge in [-0.05, 0) is 75.9 Å². The number of rotatable bonds is 3. The van der Waals surface area contributed by atoms with Crippen molar-refractivity contribution in [3.63, 3.8) is 0 Å². The first kappa shape index (κ1) is 21.8. The van der Waals surface area contributed by atoms with Crippen molar-refractivity contribution < 1.29 is 0 Å². The van der Waals surface area contributed by atoms with Crippen molar-refractivity contribution in [1.82, 2.24) is 4.98 Å². The summed E-state index contributed by atoms with van der Waals surface area (Å²) in [5, 5.41) is 6.64. The van der Waals surface area contributed by atoms with Crippen LogP contribution in [-0.2, 0) is 11.8 Å². The minimum absolute atomic E-state index is 0.0573. The largest absolute Gasteiger partial charge is 0.255 e. The molecular formula is C31H29NS2. The molecule has 3 heterocycles. The van der Waals surface area contributed by atoms with Gasteiger partial charge in [-0.15, -0.1) is 22.7 Å². The van der Waals surface area contributed by atoms with Gasteiger partial charge in [-0.2, -0.15) is 0 Å². The van der Waals surface area contributed by atoms with Crippen LogP contribution in [0.2, 0.25) is 0 Å². The quantitative estimate of drug-likeness (QED) is 0.246. The van der Waals surface area contributed by atoms with Crippen LogP contribution < -0.4 is 0 Å². The second kappa shape index (κ2) is 7.90. The third kappa shape index (κ3) is 3.62. The molecule has 6 aromatic rings. The van der Waals surface area contributed by atoms with Crippen molar-refractivity contribution in [2.24, 2.45) is 5.92 Å². The van der Waals surface area contributed by atoms with Crippen LogP contribution in [0.15, 0.2) is 66.9 Å². The van der Waals surface area contributed by atoms with Gasteiger partial charge in [0.05, 0.1) is 10.4 Å². The van der Waals surface area contributed by atoms with E-state index in [9.17, 15) is 0 Å². The molecule has 3 aromatic heterocycles. The maximum Gasteiger partial charge on any atom is 0.0880 e.